The third kappa shape index (κ3) is 5.34. The standard InChI is InChI=1S/C15H20O.C3H8/c1-5-11(3)14-9-7-8-10-15(14)13(6-2)12(4)16;1-3-2/h6-11,16H,4-5H2,1-3H3;3H2,1-2H3/b13-6-;. The van der Waals surface area contributed by atoms with Crippen molar-refractivity contribution in [3.63, 3.8) is 0 Å². The van der Waals surface area contributed by atoms with Gasteiger partial charge in [0, 0.05) is 5.57 Å². The van der Waals surface area contributed by atoms with Crippen molar-refractivity contribution in [2.45, 2.75) is 53.4 Å². The summed E-state index contributed by atoms with van der Waals surface area (Å²) in [6.07, 6.45) is 4.25. The molecular weight excluding hydrogens is 232 g/mol. The maximum atomic E-state index is 9.58. The molecule has 0 spiro atoms. The van der Waals surface area contributed by atoms with Crippen LogP contribution in [0.15, 0.2) is 42.7 Å². The first-order chi connectivity index (χ1) is 9.03. The van der Waals surface area contributed by atoms with Crippen molar-refractivity contribution in [1.29, 1.82) is 0 Å². The van der Waals surface area contributed by atoms with Crippen molar-refractivity contribution in [2.24, 2.45) is 0 Å². The number of hydrogen-bond acceptors (Lipinski definition) is 1. The minimum atomic E-state index is 0.137. The number of aliphatic hydroxyl groups is 1. The van der Waals surface area contributed by atoms with Crippen molar-refractivity contribution in [3.8, 4) is 0 Å². The van der Waals surface area contributed by atoms with E-state index in [1.54, 1.807) is 0 Å². The molecule has 0 heterocycles. The van der Waals surface area contributed by atoms with Crippen LogP contribution in [0.5, 0.6) is 0 Å². The Balaban J connectivity index is 0.000000982. The second-order valence-electron chi connectivity index (χ2n) is 4.75. The lowest BCUT2D eigenvalue weighted by molar-refractivity contribution is 0.440. The molecular formula is C18H28O. The van der Waals surface area contributed by atoms with Gasteiger partial charge in [0.05, 0.1) is 0 Å². The summed E-state index contributed by atoms with van der Waals surface area (Å²) in [5.41, 5.74) is 3.19. The van der Waals surface area contributed by atoms with Gasteiger partial charge < -0.3 is 5.11 Å². The Hall–Kier alpha value is -1.50. The molecule has 106 valence electrons. The number of aliphatic hydroxyl groups excluding tert-OH is 1. The number of allylic oxidation sites excluding steroid dienone is 2. The molecule has 0 bridgehead atoms. The molecule has 0 aromatic heterocycles. The number of hydrogen-bond donors (Lipinski definition) is 1. The molecule has 1 heteroatoms. The van der Waals surface area contributed by atoms with Crippen LogP contribution in [0.4, 0.5) is 0 Å². The van der Waals surface area contributed by atoms with E-state index in [0.717, 1.165) is 17.6 Å². The Bertz CT molecular complexity index is 415. The van der Waals surface area contributed by atoms with Gasteiger partial charge in [-0.1, -0.05) is 71.0 Å². The molecule has 1 aromatic rings. The largest absolute Gasteiger partial charge is 0.508 e. The van der Waals surface area contributed by atoms with Crippen LogP contribution in [-0.2, 0) is 0 Å². The van der Waals surface area contributed by atoms with Crippen LogP contribution in [0.1, 0.15) is 64.5 Å². The van der Waals surface area contributed by atoms with Gasteiger partial charge in [0.25, 0.3) is 0 Å². The highest BCUT2D eigenvalue weighted by Gasteiger charge is 2.12. The summed E-state index contributed by atoms with van der Waals surface area (Å²) in [6.45, 7) is 14.2. The zero-order valence-corrected chi connectivity index (χ0v) is 13.0. The molecule has 0 saturated heterocycles. The van der Waals surface area contributed by atoms with Crippen LogP contribution < -0.4 is 0 Å². The van der Waals surface area contributed by atoms with E-state index in [-0.39, 0.29) is 5.76 Å². The number of rotatable bonds is 4. The minimum absolute atomic E-state index is 0.137. The number of benzene rings is 1. The van der Waals surface area contributed by atoms with Crippen molar-refractivity contribution in [3.05, 3.63) is 53.8 Å². The molecule has 0 radical (unpaired) electrons. The van der Waals surface area contributed by atoms with Crippen molar-refractivity contribution in [2.75, 3.05) is 0 Å². The molecule has 0 aliphatic rings. The highest BCUT2D eigenvalue weighted by molar-refractivity contribution is 5.78. The van der Waals surface area contributed by atoms with E-state index in [1.807, 2.05) is 31.2 Å². The quantitative estimate of drug-likeness (QED) is 0.513. The zero-order chi connectivity index (χ0) is 14.8. The molecule has 0 fully saturated rings. The van der Waals surface area contributed by atoms with Gasteiger partial charge in [-0.05, 0) is 30.4 Å². The van der Waals surface area contributed by atoms with E-state index in [0.29, 0.717) is 5.92 Å². The zero-order valence-electron chi connectivity index (χ0n) is 13.0. The van der Waals surface area contributed by atoms with Gasteiger partial charge in [0.1, 0.15) is 5.76 Å². The summed E-state index contributed by atoms with van der Waals surface area (Å²) in [4.78, 5) is 0. The van der Waals surface area contributed by atoms with E-state index >= 15 is 0 Å². The lowest BCUT2D eigenvalue weighted by atomic mass is 9.89. The second kappa shape index (κ2) is 9.43. The molecule has 1 atom stereocenters. The predicted molar refractivity (Wildman–Crippen MR) is 86.5 cm³/mol. The Morgan fingerprint density at radius 3 is 2.21 bits per heavy atom. The normalized spacial score (nSPS) is 12.4. The first-order valence-corrected chi connectivity index (χ1v) is 7.17. The highest BCUT2D eigenvalue weighted by Crippen LogP contribution is 2.30. The molecule has 19 heavy (non-hydrogen) atoms. The average Bonchev–Trinajstić information content (AvgIpc) is 2.40. The molecule has 1 unspecified atom stereocenters. The van der Waals surface area contributed by atoms with Crippen LogP contribution >= 0.6 is 0 Å². The Kier molecular flexibility index (Phi) is 8.69. The smallest absolute Gasteiger partial charge is 0.115 e. The maximum Gasteiger partial charge on any atom is 0.115 e. The fraction of sp³-hybridized carbons (Fsp3) is 0.444. The molecule has 1 nitrogen and oxygen atoms in total. The van der Waals surface area contributed by atoms with Crippen molar-refractivity contribution >= 4 is 5.57 Å². The van der Waals surface area contributed by atoms with Gasteiger partial charge in [-0.2, -0.15) is 0 Å². The summed E-state index contributed by atoms with van der Waals surface area (Å²) in [5, 5.41) is 9.58. The molecule has 0 amide bonds. The van der Waals surface area contributed by atoms with Gasteiger partial charge >= 0.3 is 0 Å². The van der Waals surface area contributed by atoms with E-state index < -0.39 is 0 Å². The maximum absolute atomic E-state index is 9.58. The fourth-order valence-corrected chi connectivity index (χ4v) is 1.87. The van der Waals surface area contributed by atoms with Gasteiger partial charge in [-0.15, -0.1) is 0 Å². The topological polar surface area (TPSA) is 20.2 Å². The van der Waals surface area contributed by atoms with Gasteiger partial charge in [0.15, 0.2) is 0 Å². The minimum Gasteiger partial charge on any atom is -0.508 e. The fourth-order valence-electron chi connectivity index (χ4n) is 1.87. The lowest BCUT2D eigenvalue weighted by Gasteiger charge is -2.16. The summed E-state index contributed by atoms with van der Waals surface area (Å²) in [6, 6.07) is 8.19. The highest BCUT2D eigenvalue weighted by atomic mass is 16.3. The third-order valence-electron chi connectivity index (χ3n) is 2.99. The summed E-state index contributed by atoms with van der Waals surface area (Å²) < 4.78 is 0. The van der Waals surface area contributed by atoms with Crippen LogP contribution in [-0.4, -0.2) is 5.11 Å². The van der Waals surface area contributed by atoms with E-state index in [4.69, 9.17) is 0 Å². The van der Waals surface area contributed by atoms with Crippen LogP contribution in [0, 0.1) is 0 Å². The van der Waals surface area contributed by atoms with E-state index in [2.05, 4.69) is 40.3 Å². The summed E-state index contributed by atoms with van der Waals surface area (Å²) in [5.74, 6) is 0.628. The van der Waals surface area contributed by atoms with E-state index in [9.17, 15) is 5.11 Å². The molecule has 0 saturated carbocycles. The molecule has 0 aliphatic heterocycles. The Morgan fingerprint density at radius 2 is 1.79 bits per heavy atom. The monoisotopic (exact) mass is 260 g/mol. The SMILES string of the molecule is C=C(O)/C(=C/C)c1ccccc1C(C)CC.CCC. The average molecular weight is 260 g/mol. The third-order valence-corrected chi connectivity index (χ3v) is 2.99. The van der Waals surface area contributed by atoms with Gasteiger partial charge in [-0.3, -0.25) is 0 Å². The first-order valence-electron chi connectivity index (χ1n) is 7.17. The van der Waals surface area contributed by atoms with Crippen molar-refractivity contribution < 1.29 is 5.11 Å². The molecule has 0 aliphatic carbocycles. The van der Waals surface area contributed by atoms with E-state index in [1.165, 1.54) is 12.0 Å². The Labute approximate surface area is 118 Å². The molecule has 1 aromatic carbocycles. The molecule has 1 rings (SSSR count). The van der Waals surface area contributed by atoms with Gasteiger partial charge in [0.2, 0.25) is 0 Å². The Morgan fingerprint density at radius 1 is 1.26 bits per heavy atom. The second-order valence-corrected chi connectivity index (χ2v) is 4.75. The first kappa shape index (κ1) is 17.5. The van der Waals surface area contributed by atoms with Crippen molar-refractivity contribution in [1.82, 2.24) is 0 Å². The molecule has 1 N–H and O–H groups in total. The summed E-state index contributed by atoms with van der Waals surface area (Å²) >= 11 is 0. The van der Waals surface area contributed by atoms with Gasteiger partial charge in [-0.25, -0.2) is 0 Å². The van der Waals surface area contributed by atoms with Crippen LogP contribution in [0.3, 0.4) is 0 Å². The predicted octanol–water partition coefficient (Wildman–Crippen LogP) is 6.09. The van der Waals surface area contributed by atoms with Crippen LogP contribution in [0.25, 0.3) is 5.57 Å². The summed E-state index contributed by atoms with van der Waals surface area (Å²) in [7, 11) is 0. The lowest BCUT2D eigenvalue weighted by Crippen LogP contribution is -1.99. The van der Waals surface area contributed by atoms with Crippen LogP contribution in [0.2, 0.25) is 0 Å².